The number of nitrogens with zero attached hydrogens (tertiary/aromatic N) is 3. The minimum absolute atomic E-state index is 0.297. The predicted molar refractivity (Wildman–Crippen MR) is 147 cm³/mol. The Kier molecular flexibility index (Phi) is 8.33. The molecule has 1 N–H and O–H groups in total. The van der Waals surface area contributed by atoms with E-state index in [1.807, 2.05) is 31.1 Å². The lowest BCUT2D eigenvalue weighted by molar-refractivity contribution is 0.102. The van der Waals surface area contributed by atoms with E-state index >= 15 is 0 Å². The first-order valence-corrected chi connectivity index (χ1v) is 12.1. The van der Waals surface area contributed by atoms with Gasteiger partial charge in [-0.25, -0.2) is 0 Å². The van der Waals surface area contributed by atoms with Gasteiger partial charge in [0, 0.05) is 41.8 Å². The van der Waals surface area contributed by atoms with Gasteiger partial charge < -0.3 is 24.4 Å². The Hall–Kier alpha value is -3.59. The molecule has 1 heterocycles. The van der Waals surface area contributed by atoms with Crippen LogP contribution in [0.25, 0.3) is 22.2 Å². The number of anilines is 1. The van der Waals surface area contributed by atoms with E-state index in [9.17, 15) is 4.79 Å². The Morgan fingerprint density at radius 1 is 0.919 bits per heavy atom. The zero-order valence-electron chi connectivity index (χ0n) is 20.8. The molecule has 0 bridgehead atoms. The average molecular weight is 541 g/mol. The highest BCUT2D eigenvalue weighted by Crippen LogP contribution is 2.47. The van der Waals surface area contributed by atoms with Gasteiger partial charge >= 0.3 is 0 Å². The molecule has 0 saturated heterocycles. The van der Waals surface area contributed by atoms with Gasteiger partial charge in [-0.3, -0.25) is 14.8 Å². The number of halogens is 2. The molecule has 0 spiro atoms. The molecule has 0 atom stereocenters. The summed E-state index contributed by atoms with van der Waals surface area (Å²) in [5, 5.41) is 3.50. The molecule has 3 aromatic carbocycles. The number of fused-ring (bicyclic) bond motifs is 1. The number of carbonyl (C=O) groups excluding carboxylic acids is 1. The van der Waals surface area contributed by atoms with E-state index in [4.69, 9.17) is 37.4 Å². The van der Waals surface area contributed by atoms with E-state index in [-0.39, 0.29) is 5.91 Å². The number of benzene rings is 3. The second-order valence-electron chi connectivity index (χ2n) is 8.33. The van der Waals surface area contributed by atoms with Crippen molar-refractivity contribution in [3.8, 4) is 28.4 Å². The fraction of sp³-hybridized carbons (Fsp3) is 0.222. The van der Waals surface area contributed by atoms with Gasteiger partial charge in [-0.1, -0.05) is 29.3 Å². The number of ether oxygens (including phenoxy) is 3. The Bertz CT molecular complexity index is 1400. The van der Waals surface area contributed by atoms with Crippen LogP contribution in [0.2, 0.25) is 10.0 Å². The molecule has 0 unspecified atom stereocenters. The van der Waals surface area contributed by atoms with E-state index in [1.165, 1.54) is 20.4 Å². The third-order valence-electron chi connectivity index (χ3n) is 5.63. The molecule has 1 aromatic heterocycles. The molecular formula is C27H26Cl2N4O4. The van der Waals surface area contributed by atoms with Crippen LogP contribution in [-0.4, -0.2) is 62.2 Å². The van der Waals surface area contributed by atoms with Gasteiger partial charge in [0.15, 0.2) is 0 Å². The minimum atomic E-state index is -0.334. The van der Waals surface area contributed by atoms with Crippen molar-refractivity contribution in [2.24, 2.45) is 0 Å². The van der Waals surface area contributed by atoms with E-state index in [0.29, 0.717) is 61.6 Å². The highest BCUT2D eigenvalue weighted by atomic mass is 35.5. The smallest absolute Gasteiger partial charge is 0.257 e. The van der Waals surface area contributed by atoms with Gasteiger partial charge in [-0.15, -0.1) is 0 Å². The quantitative estimate of drug-likeness (QED) is 0.286. The predicted octanol–water partition coefficient (Wildman–Crippen LogP) is 5.81. The Balaban J connectivity index is 1.67. The number of carbonyl (C=O) groups is 1. The van der Waals surface area contributed by atoms with Crippen LogP contribution in [0.4, 0.5) is 5.69 Å². The van der Waals surface area contributed by atoms with Crippen LogP contribution in [0.15, 0.2) is 54.9 Å². The van der Waals surface area contributed by atoms with Crippen LogP contribution < -0.4 is 19.5 Å². The maximum absolute atomic E-state index is 13.2. The molecule has 4 rings (SSSR count). The van der Waals surface area contributed by atoms with Crippen molar-refractivity contribution >= 4 is 45.8 Å². The topological polar surface area (TPSA) is 85.8 Å². The van der Waals surface area contributed by atoms with Gasteiger partial charge in [0.1, 0.15) is 29.4 Å². The van der Waals surface area contributed by atoms with Crippen molar-refractivity contribution < 1.29 is 19.0 Å². The van der Waals surface area contributed by atoms with E-state index in [1.54, 1.807) is 36.5 Å². The zero-order chi connectivity index (χ0) is 26.5. The van der Waals surface area contributed by atoms with Crippen LogP contribution in [-0.2, 0) is 0 Å². The molecule has 192 valence electrons. The third-order valence-corrected chi connectivity index (χ3v) is 6.38. The number of aromatic nitrogens is 2. The van der Waals surface area contributed by atoms with E-state index in [0.717, 1.165) is 12.3 Å². The highest BCUT2D eigenvalue weighted by Gasteiger charge is 2.23. The summed E-state index contributed by atoms with van der Waals surface area (Å²) >= 11 is 13.3. The van der Waals surface area contributed by atoms with Crippen LogP contribution in [0.5, 0.6) is 17.2 Å². The molecule has 0 aliphatic rings. The fourth-order valence-electron chi connectivity index (χ4n) is 3.74. The Morgan fingerprint density at radius 3 is 2.14 bits per heavy atom. The molecular weight excluding hydrogens is 515 g/mol. The van der Waals surface area contributed by atoms with Crippen molar-refractivity contribution in [3.63, 3.8) is 0 Å². The van der Waals surface area contributed by atoms with Crippen molar-refractivity contribution in [2.45, 2.75) is 0 Å². The normalized spacial score (nSPS) is 11.0. The number of hydrogen-bond donors (Lipinski definition) is 1. The largest absolute Gasteiger partial charge is 0.495 e. The van der Waals surface area contributed by atoms with Crippen LogP contribution in [0.1, 0.15) is 10.4 Å². The van der Waals surface area contributed by atoms with Crippen molar-refractivity contribution in [3.05, 3.63) is 70.5 Å². The van der Waals surface area contributed by atoms with Crippen molar-refractivity contribution in [2.75, 3.05) is 46.8 Å². The maximum atomic E-state index is 13.2. The van der Waals surface area contributed by atoms with Crippen molar-refractivity contribution in [1.29, 1.82) is 0 Å². The van der Waals surface area contributed by atoms with Crippen molar-refractivity contribution in [1.82, 2.24) is 14.9 Å². The van der Waals surface area contributed by atoms with E-state index < -0.39 is 0 Å². The van der Waals surface area contributed by atoms with E-state index in [2.05, 4.69) is 15.3 Å². The summed E-state index contributed by atoms with van der Waals surface area (Å²) in [5.74, 6) is 1.18. The molecule has 0 radical (unpaired) electrons. The lowest BCUT2D eigenvalue weighted by Gasteiger charge is -2.16. The molecule has 8 nitrogen and oxygen atoms in total. The molecule has 1 amide bonds. The molecule has 4 aromatic rings. The second kappa shape index (κ2) is 11.6. The van der Waals surface area contributed by atoms with Crippen LogP contribution in [0.3, 0.4) is 0 Å². The SMILES string of the molecule is COc1cc(OC)c(Cl)c(-c2ccc(C(=O)Nc3ccc(OCCN(C)C)cc3)c3nccnc23)c1Cl. The number of amides is 1. The summed E-state index contributed by atoms with van der Waals surface area (Å²) in [4.78, 5) is 24.2. The summed E-state index contributed by atoms with van der Waals surface area (Å²) in [5.41, 5.74) is 2.89. The van der Waals surface area contributed by atoms with Gasteiger partial charge in [0.05, 0.1) is 35.3 Å². The summed E-state index contributed by atoms with van der Waals surface area (Å²) in [6.07, 6.45) is 3.07. The third kappa shape index (κ3) is 5.72. The molecule has 37 heavy (non-hydrogen) atoms. The standard InChI is InChI=1S/C27H26Cl2N4O4/c1-33(2)13-14-37-17-7-5-16(6-8-17)32-27(34)19-10-9-18(25-26(19)31-12-11-30-25)22-23(28)20(35-3)15-21(36-4)24(22)29/h5-12,15H,13-14H2,1-4H3,(H,32,34). The second-order valence-corrected chi connectivity index (χ2v) is 9.08. The Morgan fingerprint density at radius 2 is 1.54 bits per heavy atom. The summed E-state index contributed by atoms with van der Waals surface area (Å²) in [6, 6.07) is 12.2. The number of nitrogens with one attached hydrogen (secondary N) is 1. The number of rotatable bonds is 9. The summed E-state index contributed by atoms with van der Waals surface area (Å²) < 4.78 is 16.5. The zero-order valence-corrected chi connectivity index (χ0v) is 22.4. The number of hydrogen-bond acceptors (Lipinski definition) is 7. The van der Waals surface area contributed by atoms with Gasteiger partial charge in [-0.2, -0.15) is 0 Å². The first kappa shape index (κ1) is 26.5. The minimum Gasteiger partial charge on any atom is -0.495 e. The van der Waals surface area contributed by atoms with Crippen LogP contribution >= 0.6 is 23.2 Å². The fourth-order valence-corrected chi connectivity index (χ4v) is 4.45. The van der Waals surface area contributed by atoms with Gasteiger partial charge in [0.25, 0.3) is 5.91 Å². The maximum Gasteiger partial charge on any atom is 0.257 e. The van der Waals surface area contributed by atoms with Gasteiger partial charge in [-0.05, 0) is 44.4 Å². The first-order valence-electron chi connectivity index (χ1n) is 11.4. The monoisotopic (exact) mass is 540 g/mol. The Labute approximate surface area is 225 Å². The molecule has 0 saturated carbocycles. The average Bonchev–Trinajstić information content (AvgIpc) is 2.89. The summed E-state index contributed by atoms with van der Waals surface area (Å²) in [6.45, 7) is 1.38. The summed E-state index contributed by atoms with van der Waals surface area (Å²) in [7, 11) is 6.98. The number of likely N-dealkylation sites (N-methyl/N-ethyl adjacent to an activating group) is 1. The molecule has 10 heteroatoms. The molecule has 0 aliphatic heterocycles. The first-order chi connectivity index (χ1) is 17.8. The van der Waals surface area contributed by atoms with Gasteiger partial charge in [0.2, 0.25) is 0 Å². The lowest BCUT2D eigenvalue weighted by atomic mass is 9.99. The highest BCUT2D eigenvalue weighted by molar-refractivity contribution is 6.41. The lowest BCUT2D eigenvalue weighted by Crippen LogP contribution is -2.19. The molecule has 0 aliphatic carbocycles. The van der Waals surface area contributed by atoms with Crippen LogP contribution in [0, 0.1) is 0 Å². The molecule has 0 fully saturated rings. The number of methoxy groups -OCH3 is 2.